The second kappa shape index (κ2) is 7.85. The molecular weight excluding hydrogens is 317 g/mol. The molecule has 4 heteroatoms. The minimum absolute atomic E-state index is 0.287. The third kappa shape index (κ3) is 5.36. The van der Waals surface area contributed by atoms with Crippen LogP contribution in [0.25, 0.3) is 0 Å². The number of benzene rings is 1. The van der Waals surface area contributed by atoms with Gasteiger partial charge in [-0.25, -0.2) is 9.18 Å². The zero-order valence-electron chi connectivity index (χ0n) is 14.8. The minimum Gasteiger partial charge on any atom is -0.443 e. The second-order valence-corrected chi connectivity index (χ2v) is 6.35. The Morgan fingerprint density at radius 1 is 1.32 bits per heavy atom. The van der Waals surface area contributed by atoms with Crippen LogP contribution in [-0.2, 0) is 4.74 Å². The summed E-state index contributed by atoms with van der Waals surface area (Å²) >= 11 is 0. The SMILES string of the molecule is C=C(/C=C\C(C#Cc1ccc(F)cc1)=C/C)N1CCC(C)(C)OC1=O. The zero-order valence-corrected chi connectivity index (χ0v) is 14.8. The number of carbonyl (C=O) groups is 1. The molecule has 1 aromatic carbocycles. The summed E-state index contributed by atoms with van der Waals surface area (Å²) in [6.07, 6.45) is 5.76. The molecule has 0 aliphatic carbocycles. The fourth-order valence-electron chi connectivity index (χ4n) is 2.24. The molecule has 1 saturated heterocycles. The summed E-state index contributed by atoms with van der Waals surface area (Å²) in [5, 5.41) is 0. The van der Waals surface area contributed by atoms with Crippen LogP contribution in [-0.4, -0.2) is 23.1 Å². The average Bonchev–Trinajstić information content (AvgIpc) is 2.55. The molecule has 1 aliphatic rings. The third-order valence-electron chi connectivity index (χ3n) is 3.83. The Morgan fingerprint density at radius 2 is 2.00 bits per heavy atom. The first-order valence-corrected chi connectivity index (χ1v) is 8.12. The highest BCUT2D eigenvalue weighted by molar-refractivity contribution is 5.72. The van der Waals surface area contributed by atoms with Crippen molar-refractivity contribution in [3.8, 4) is 11.8 Å². The number of amides is 1. The molecule has 3 nitrogen and oxygen atoms in total. The van der Waals surface area contributed by atoms with Crippen LogP contribution in [0.5, 0.6) is 0 Å². The van der Waals surface area contributed by atoms with Crippen molar-refractivity contribution in [2.45, 2.75) is 32.8 Å². The van der Waals surface area contributed by atoms with Gasteiger partial charge in [-0.2, -0.15) is 0 Å². The van der Waals surface area contributed by atoms with Gasteiger partial charge in [0, 0.05) is 29.8 Å². The Kier molecular flexibility index (Phi) is 5.82. The van der Waals surface area contributed by atoms with E-state index >= 15 is 0 Å². The molecule has 0 aromatic heterocycles. The van der Waals surface area contributed by atoms with E-state index in [1.165, 1.54) is 17.0 Å². The third-order valence-corrected chi connectivity index (χ3v) is 3.83. The predicted molar refractivity (Wildman–Crippen MR) is 97.2 cm³/mol. The fourth-order valence-corrected chi connectivity index (χ4v) is 2.24. The van der Waals surface area contributed by atoms with Gasteiger partial charge in [0.1, 0.15) is 11.4 Å². The molecular formula is C21H22FNO2. The van der Waals surface area contributed by atoms with E-state index in [2.05, 4.69) is 18.4 Å². The van der Waals surface area contributed by atoms with Crippen LogP contribution < -0.4 is 0 Å². The Bertz CT molecular complexity index is 776. The summed E-state index contributed by atoms with van der Waals surface area (Å²) in [5.74, 6) is 5.70. The first kappa shape index (κ1) is 18.5. The van der Waals surface area contributed by atoms with Crippen LogP contribution in [0.3, 0.4) is 0 Å². The van der Waals surface area contributed by atoms with Crippen molar-refractivity contribution in [3.63, 3.8) is 0 Å². The normalized spacial score (nSPS) is 17.0. The molecule has 0 N–H and O–H groups in total. The summed E-state index contributed by atoms with van der Waals surface area (Å²) < 4.78 is 18.3. The lowest BCUT2D eigenvalue weighted by Gasteiger charge is -2.36. The summed E-state index contributed by atoms with van der Waals surface area (Å²) in [6.45, 7) is 10.2. The molecule has 0 atom stereocenters. The summed E-state index contributed by atoms with van der Waals surface area (Å²) in [7, 11) is 0. The average molecular weight is 339 g/mol. The fraction of sp³-hybridized carbons (Fsp3) is 0.286. The standard InChI is InChI=1S/C21H22FNO2/c1-5-17(8-9-18-10-12-19(22)13-11-18)7-6-16(2)23-15-14-21(3,4)25-20(23)24/h5-7,10-13H,2,14-15H2,1,3-4H3/b7-6-,17-5+. The second-order valence-electron chi connectivity index (χ2n) is 6.35. The number of nitrogens with zero attached hydrogens (tertiary/aromatic N) is 1. The molecule has 1 aliphatic heterocycles. The van der Waals surface area contributed by atoms with E-state index < -0.39 is 5.60 Å². The lowest BCUT2D eigenvalue weighted by atomic mass is 10.0. The molecule has 25 heavy (non-hydrogen) atoms. The van der Waals surface area contributed by atoms with E-state index in [4.69, 9.17) is 4.74 Å². The number of carbonyl (C=O) groups excluding carboxylic acids is 1. The van der Waals surface area contributed by atoms with Crippen molar-refractivity contribution in [1.82, 2.24) is 4.90 Å². The van der Waals surface area contributed by atoms with Crippen LogP contribution in [0, 0.1) is 17.7 Å². The number of ether oxygens (including phenoxy) is 1. The van der Waals surface area contributed by atoms with E-state index in [0.717, 1.165) is 17.6 Å². The summed E-state index contributed by atoms with van der Waals surface area (Å²) in [5.41, 5.74) is 1.63. The minimum atomic E-state index is -0.438. The maximum atomic E-state index is 12.9. The first-order chi connectivity index (χ1) is 11.8. The van der Waals surface area contributed by atoms with Gasteiger partial charge in [-0.15, -0.1) is 0 Å². The Morgan fingerprint density at radius 3 is 2.60 bits per heavy atom. The van der Waals surface area contributed by atoms with E-state index in [1.807, 2.05) is 26.8 Å². The number of hydrogen-bond acceptors (Lipinski definition) is 2. The van der Waals surface area contributed by atoms with E-state index in [9.17, 15) is 9.18 Å². The molecule has 0 saturated carbocycles. The zero-order chi connectivity index (χ0) is 18.4. The van der Waals surface area contributed by atoms with Gasteiger partial charge >= 0.3 is 6.09 Å². The van der Waals surface area contributed by atoms with Crippen molar-refractivity contribution in [1.29, 1.82) is 0 Å². The van der Waals surface area contributed by atoms with Crippen LogP contribution in [0.15, 0.2) is 60.3 Å². The van der Waals surface area contributed by atoms with Gasteiger partial charge in [-0.1, -0.05) is 24.5 Å². The molecule has 1 amide bonds. The van der Waals surface area contributed by atoms with Gasteiger partial charge in [0.15, 0.2) is 0 Å². The van der Waals surface area contributed by atoms with Gasteiger partial charge in [0.05, 0.1) is 0 Å². The maximum Gasteiger partial charge on any atom is 0.414 e. The lowest BCUT2D eigenvalue weighted by molar-refractivity contribution is -0.0162. The monoisotopic (exact) mass is 339 g/mol. The Hall–Kier alpha value is -2.80. The number of hydrogen-bond donors (Lipinski definition) is 0. The topological polar surface area (TPSA) is 29.5 Å². The molecule has 0 spiro atoms. The highest BCUT2D eigenvalue weighted by Crippen LogP contribution is 2.24. The van der Waals surface area contributed by atoms with Crippen LogP contribution >= 0.6 is 0 Å². The number of cyclic esters (lactones) is 1. The largest absolute Gasteiger partial charge is 0.443 e. The van der Waals surface area contributed by atoms with E-state index in [0.29, 0.717) is 12.2 Å². The van der Waals surface area contributed by atoms with Crippen LogP contribution in [0.2, 0.25) is 0 Å². The predicted octanol–water partition coefficient (Wildman–Crippen LogP) is 4.81. The number of halogens is 1. The number of allylic oxidation sites excluding steroid dienone is 4. The smallest absolute Gasteiger partial charge is 0.414 e. The highest BCUT2D eigenvalue weighted by Gasteiger charge is 2.33. The van der Waals surface area contributed by atoms with Gasteiger partial charge in [0.2, 0.25) is 0 Å². The van der Waals surface area contributed by atoms with Crippen molar-refractivity contribution in [2.24, 2.45) is 0 Å². The van der Waals surface area contributed by atoms with Gasteiger partial charge in [-0.3, -0.25) is 4.90 Å². The van der Waals surface area contributed by atoms with Crippen molar-refractivity contribution in [3.05, 3.63) is 71.7 Å². The van der Waals surface area contributed by atoms with Crippen LogP contribution in [0.4, 0.5) is 9.18 Å². The van der Waals surface area contributed by atoms with Gasteiger partial charge in [0.25, 0.3) is 0 Å². The summed E-state index contributed by atoms with van der Waals surface area (Å²) in [4.78, 5) is 13.6. The molecule has 0 radical (unpaired) electrons. The lowest BCUT2D eigenvalue weighted by Crippen LogP contribution is -2.45. The Balaban J connectivity index is 2.03. The molecule has 1 heterocycles. The molecule has 130 valence electrons. The number of rotatable bonds is 3. The maximum absolute atomic E-state index is 12.9. The first-order valence-electron chi connectivity index (χ1n) is 8.12. The van der Waals surface area contributed by atoms with E-state index in [1.54, 1.807) is 24.3 Å². The quantitative estimate of drug-likeness (QED) is 0.584. The highest BCUT2D eigenvalue weighted by atomic mass is 19.1. The molecule has 1 fully saturated rings. The molecule has 1 aromatic rings. The van der Waals surface area contributed by atoms with Gasteiger partial charge in [-0.05, 0) is 57.2 Å². The molecule has 0 bridgehead atoms. The van der Waals surface area contributed by atoms with Gasteiger partial charge < -0.3 is 4.74 Å². The van der Waals surface area contributed by atoms with Crippen molar-refractivity contribution < 1.29 is 13.9 Å². The van der Waals surface area contributed by atoms with Crippen molar-refractivity contribution >= 4 is 6.09 Å². The van der Waals surface area contributed by atoms with Crippen molar-refractivity contribution in [2.75, 3.05) is 6.54 Å². The molecule has 2 rings (SSSR count). The van der Waals surface area contributed by atoms with E-state index in [-0.39, 0.29) is 11.9 Å². The van der Waals surface area contributed by atoms with Crippen LogP contribution in [0.1, 0.15) is 32.8 Å². The Labute approximate surface area is 148 Å². The summed E-state index contributed by atoms with van der Waals surface area (Å²) in [6, 6.07) is 6.01. The molecule has 0 unspecified atom stereocenters.